The van der Waals surface area contributed by atoms with Gasteiger partial charge in [0, 0.05) is 18.7 Å². The number of likely N-dealkylation sites (tertiary alicyclic amines) is 1. The summed E-state index contributed by atoms with van der Waals surface area (Å²) in [6.07, 6.45) is 2.82. The lowest BCUT2D eigenvalue weighted by atomic mass is 9.97. The summed E-state index contributed by atoms with van der Waals surface area (Å²) in [5, 5.41) is 11.4. The SMILES string of the molecule is O=Cc1c(O)ccc2cc(-c3cccc(C(=O)N4CCCC4)c3)ccc12. The van der Waals surface area contributed by atoms with Crippen LogP contribution in [0.25, 0.3) is 21.9 Å². The van der Waals surface area contributed by atoms with Crippen molar-refractivity contribution in [3.05, 3.63) is 65.7 Å². The van der Waals surface area contributed by atoms with E-state index >= 15 is 0 Å². The van der Waals surface area contributed by atoms with Gasteiger partial charge in [0.25, 0.3) is 5.91 Å². The zero-order valence-electron chi connectivity index (χ0n) is 14.3. The highest BCUT2D eigenvalue weighted by Gasteiger charge is 2.19. The van der Waals surface area contributed by atoms with Crippen LogP contribution in [0.1, 0.15) is 33.6 Å². The predicted molar refractivity (Wildman–Crippen MR) is 102 cm³/mol. The van der Waals surface area contributed by atoms with E-state index in [4.69, 9.17) is 0 Å². The fourth-order valence-corrected chi connectivity index (χ4v) is 3.58. The molecule has 1 N–H and O–H groups in total. The standard InChI is InChI=1S/C22H19NO3/c24-14-20-19-8-6-16(12-17(19)7-9-21(20)25)15-4-3-5-18(13-15)22(26)23-10-1-2-11-23/h3-9,12-14,25H,1-2,10-11H2. The first-order valence-corrected chi connectivity index (χ1v) is 8.78. The molecule has 1 aliphatic heterocycles. The molecule has 0 radical (unpaired) electrons. The number of rotatable bonds is 3. The lowest BCUT2D eigenvalue weighted by Gasteiger charge is -2.16. The van der Waals surface area contributed by atoms with E-state index < -0.39 is 0 Å². The van der Waals surface area contributed by atoms with Gasteiger partial charge in [-0.15, -0.1) is 0 Å². The molecule has 1 aliphatic rings. The van der Waals surface area contributed by atoms with Crippen molar-refractivity contribution in [3.8, 4) is 16.9 Å². The van der Waals surface area contributed by atoms with E-state index in [0.29, 0.717) is 22.8 Å². The second-order valence-corrected chi connectivity index (χ2v) is 6.63. The minimum Gasteiger partial charge on any atom is -0.507 e. The molecule has 26 heavy (non-hydrogen) atoms. The number of nitrogens with zero attached hydrogens (tertiary/aromatic N) is 1. The summed E-state index contributed by atoms with van der Waals surface area (Å²) in [4.78, 5) is 25.8. The quantitative estimate of drug-likeness (QED) is 0.722. The van der Waals surface area contributed by atoms with E-state index in [1.165, 1.54) is 6.07 Å². The minimum absolute atomic E-state index is 0.0153. The molecule has 0 unspecified atom stereocenters. The van der Waals surface area contributed by atoms with Gasteiger partial charge in [0.1, 0.15) is 5.75 Å². The summed E-state index contributed by atoms with van der Waals surface area (Å²) < 4.78 is 0. The average Bonchev–Trinajstić information content (AvgIpc) is 3.22. The van der Waals surface area contributed by atoms with Crippen molar-refractivity contribution >= 4 is 23.0 Å². The van der Waals surface area contributed by atoms with Gasteiger partial charge in [-0.05, 0) is 59.0 Å². The topological polar surface area (TPSA) is 57.6 Å². The largest absolute Gasteiger partial charge is 0.507 e. The number of phenols is 1. The van der Waals surface area contributed by atoms with E-state index in [1.807, 2.05) is 47.4 Å². The fraction of sp³-hybridized carbons (Fsp3) is 0.182. The molecular weight excluding hydrogens is 326 g/mol. The molecule has 4 rings (SSSR count). The lowest BCUT2D eigenvalue weighted by molar-refractivity contribution is 0.0792. The van der Waals surface area contributed by atoms with Gasteiger partial charge in [-0.2, -0.15) is 0 Å². The number of aldehydes is 1. The van der Waals surface area contributed by atoms with Crippen LogP contribution in [-0.2, 0) is 0 Å². The van der Waals surface area contributed by atoms with E-state index in [0.717, 1.165) is 42.4 Å². The van der Waals surface area contributed by atoms with E-state index in [1.54, 1.807) is 6.07 Å². The molecule has 0 aliphatic carbocycles. The monoisotopic (exact) mass is 345 g/mol. The normalized spacial score (nSPS) is 13.9. The summed E-state index contributed by atoms with van der Waals surface area (Å²) in [7, 11) is 0. The van der Waals surface area contributed by atoms with Crippen molar-refractivity contribution in [2.24, 2.45) is 0 Å². The Morgan fingerprint density at radius 1 is 0.962 bits per heavy atom. The average molecular weight is 345 g/mol. The molecule has 1 fully saturated rings. The summed E-state index contributed by atoms with van der Waals surface area (Å²) in [5.74, 6) is 0.0664. The zero-order valence-corrected chi connectivity index (χ0v) is 14.3. The van der Waals surface area contributed by atoms with Gasteiger partial charge in [-0.25, -0.2) is 0 Å². The summed E-state index contributed by atoms with van der Waals surface area (Å²) >= 11 is 0. The van der Waals surface area contributed by atoms with E-state index in [2.05, 4.69) is 0 Å². The zero-order chi connectivity index (χ0) is 18.1. The van der Waals surface area contributed by atoms with E-state index in [-0.39, 0.29) is 11.7 Å². The fourth-order valence-electron chi connectivity index (χ4n) is 3.58. The number of aromatic hydroxyl groups is 1. The van der Waals surface area contributed by atoms with Crippen LogP contribution < -0.4 is 0 Å². The van der Waals surface area contributed by atoms with Crippen LogP contribution in [0.2, 0.25) is 0 Å². The maximum absolute atomic E-state index is 12.6. The Morgan fingerprint density at radius 3 is 2.50 bits per heavy atom. The van der Waals surface area contributed by atoms with Crippen molar-refractivity contribution in [2.75, 3.05) is 13.1 Å². The second-order valence-electron chi connectivity index (χ2n) is 6.63. The molecule has 4 heteroatoms. The van der Waals surface area contributed by atoms with Crippen molar-refractivity contribution < 1.29 is 14.7 Å². The third kappa shape index (κ3) is 2.84. The maximum Gasteiger partial charge on any atom is 0.253 e. The molecule has 1 amide bonds. The molecule has 0 bridgehead atoms. The Labute approximate surface area is 151 Å². The lowest BCUT2D eigenvalue weighted by Crippen LogP contribution is -2.27. The van der Waals surface area contributed by atoms with Gasteiger partial charge in [0.15, 0.2) is 6.29 Å². The second kappa shape index (κ2) is 6.64. The van der Waals surface area contributed by atoms with Crippen molar-refractivity contribution in [1.29, 1.82) is 0 Å². The number of carbonyl (C=O) groups is 2. The number of fused-ring (bicyclic) bond motifs is 1. The third-order valence-corrected chi connectivity index (χ3v) is 4.99. The van der Waals surface area contributed by atoms with Gasteiger partial charge in [0.05, 0.1) is 5.56 Å². The van der Waals surface area contributed by atoms with Gasteiger partial charge in [0.2, 0.25) is 0 Å². The molecule has 1 heterocycles. The van der Waals surface area contributed by atoms with E-state index in [9.17, 15) is 14.7 Å². The Hall–Kier alpha value is -3.14. The minimum atomic E-state index is -0.0153. The Morgan fingerprint density at radius 2 is 1.73 bits per heavy atom. The molecular formula is C22H19NO3. The first kappa shape index (κ1) is 16.3. The number of carbonyl (C=O) groups excluding carboxylic acids is 2. The first-order chi connectivity index (χ1) is 12.7. The Bertz CT molecular complexity index is 1000. The van der Waals surface area contributed by atoms with Gasteiger partial charge in [-0.3, -0.25) is 9.59 Å². The summed E-state index contributed by atoms with van der Waals surface area (Å²) in [6, 6.07) is 16.7. The number of hydrogen-bond donors (Lipinski definition) is 1. The molecule has 0 aromatic heterocycles. The van der Waals surface area contributed by atoms with Crippen LogP contribution >= 0.6 is 0 Å². The molecule has 3 aromatic rings. The van der Waals surface area contributed by atoms with Crippen molar-refractivity contribution in [2.45, 2.75) is 12.8 Å². The van der Waals surface area contributed by atoms with Crippen LogP contribution in [0.4, 0.5) is 0 Å². The van der Waals surface area contributed by atoms with Gasteiger partial charge >= 0.3 is 0 Å². The molecule has 3 aromatic carbocycles. The molecule has 0 spiro atoms. The highest BCUT2D eigenvalue weighted by Crippen LogP contribution is 2.30. The number of phenolic OH excluding ortho intramolecular Hbond substituents is 1. The highest BCUT2D eigenvalue weighted by atomic mass is 16.3. The first-order valence-electron chi connectivity index (χ1n) is 8.78. The van der Waals surface area contributed by atoms with Gasteiger partial charge < -0.3 is 10.0 Å². The molecule has 0 saturated carbocycles. The molecule has 0 atom stereocenters. The Kier molecular flexibility index (Phi) is 4.17. The van der Waals surface area contributed by atoms with Crippen LogP contribution in [0.3, 0.4) is 0 Å². The predicted octanol–water partition coefficient (Wildman–Crippen LogP) is 4.26. The van der Waals surface area contributed by atoms with Crippen molar-refractivity contribution in [1.82, 2.24) is 4.90 Å². The smallest absolute Gasteiger partial charge is 0.253 e. The Balaban J connectivity index is 1.73. The van der Waals surface area contributed by atoms with Crippen LogP contribution in [0.15, 0.2) is 54.6 Å². The molecule has 130 valence electrons. The van der Waals surface area contributed by atoms with Crippen LogP contribution in [0.5, 0.6) is 5.75 Å². The summed E-state index contributed by atoms with van der Waals surface area (Å²) in [6.45, 7) is 1.66. The van der Waals surface area contributed by atoms with Gasteiger partial charge in [-0.1, -0.05) is 30.3 Å². The van der Waals surface area contributed by atoms with Crippen LogP contribution in [-0.4, -0.2) is 35.3 Å². The molecule has 4 nitrogen and oxygen atoms in total. The number of amides is 1. The summed E-state index contributed by atoms with van der Waals surface area (Å²) in [5.41, 5.74) is 2.92. The van der Waals surface area contributed by atoms with Crippen LogP contribution in [0, 0.1) is 0 Å². The number of benzene rings is 3. The third-order valence-electron chi connectivity index (χ3n) is 4.99. The highest BCUT2D eigenvalue weighted by molar-refractivity contribution is 6.02. The van der Waals surface area contributed by atoms with Crippen molar-refractivity contribution in [3.63, 3.8) is 0 Å². The number of hydrogen-bond acceptors (Lipinski definition) is 3. The molecule has 1 saturated heterocycles. The maximum atomic E-state index is 12.6.